The van der Waals surface area contributed by atoms with E-state index in [2.05, 4.69) is 27.0 Å². The second-order valence-electron chi connectivity index (χ2n) is 3.88. The number of pyridine rings is 1. The summed E-state index contributed by atoms with van der Waals surface area (Å²) in [5.74, 6) is 0.856. The van der Waals surface area contributed by atoms with Crippen molar-refractivity contribution in [1.82, 2.24) is 4.98 Å². The van der Waals surface area contributed by atoms with E-state index in [0.29, 0.717) is 5.56 Å². The average Bonchev–Trinajstić information content (AvgIpc) is 2.46. The number of nitrogens with zero attached hydrogens (tertiary/aromatic N) is 3. The Labute approximate surface area is 115 Å². The number of aromatic nitrogens is 1. The highest BCUT2D eigenvalue weighted by atomic mass is 79.9. The summed E-state index contributed by atoms with van der Waals surface area (Å²) in [5, 5.41) is 9.69. The predicted octanol–water partition coefficient (Wildman–Crippen LogP) is 3.62. The molecule has 0 aliphatic rings. The SMILES string of the molecule is CN(c1cccc(C#N)c1)c1ccc(CBr)cn1. The van der Waals surface area contributed by atoms with Crippen LogP contribution in [0.3, 0.4) is 0 Å². The number of hydrogen-bond acceptors (Lipinski definition) is 3. The van der Waals surface area contributed by atoms with E-state index in [1.165, 1.54) is 0 Å². The van der Waals surface area contributed by atoms with Crippen molar-refractivity contribution in [2.24, 2.45) is 0 Å². The van der Waals surface area contributed by atoms with Crippen LogP contribution < -0.4 is 4.90 Å². The Bertz CT molecular complexity index is 572. The summed E-state index contributed by atoms with van der Waals surface area (Å²) in [6.45, 7) is 0. The zero-order chi connectivity index (χ0) is 13.0. The van der Waals surface area contributed by atoms with Gasteiger partial charge in [0.05, 0.1) is 11.6 Å². The van der Waals surface area contributed by atoms with Crippen LogP contribution in [0.25, 0.3) is 0 Å². The number of hydrogen-bond donors (Lipinski definition) is 0. The van der Waals surface area contributed by atoms with Crippen LogP contribution in [-0.4, -0.2) is 12.0 Å². The molecule has 4 heteroatoms. The highest BCUT2D eigenvalue weighted by Gasteiger charge is 2.05. The zero-order valence-corrected chi connectivity index (χ0v) is 11.6. The molecule has 3 nitrogen and oxygen atoms in total. The van der Waals surface area contributed by atoms with Crippen LogP contribution >= 0.6 is 15.9 Å². The summed E-state index contributed by atoms with van der Waals surface area (Å²) < 4.78 is 0. The second-order valence-corrected chi connectivity index (χ2v) is 4.44. The highest BCUT2D eigenvalue weighted by molar-refractivity contribution is 9.08. The molecular weight excluding hydrogens is 290 g/mol. The number of benzene rings is 1. The lowest BCUT2D eigenvalue weighted by Gasteiger charge is -2.18. The van der Waals surface area contributed by atoms with Gasteiger partial charge in [-0.3, -0.25) is 0 Å². The maximum absolute atomic E-state index is 8.89. The van der Waals surface area contributed by atoms with Gasteiger partial charge in [0.15, 0.2) is 0 Å². The summed E-state index contributed by atoms with van der Waals surface area (Å²) in [4.78, 5) is 6.35. The third-order valence-electron chi connectivity index (χ3n) is 2.67. The molecule has 1 aromatic carbocycles. The van der Waals surface area contributed by atoms with E-state index in [4.69, 9.17) is 5.26 Å². The average molecular weight is 302 g/mol. The summed E-state index contributed by atoms with van der Waals surface area (Å²) >= 11 is 3.39. The zero-order valence-electron chi connectivity index (χ0n) is 9.97. The van der Waals surface area contributed by atoms with E-state index in [1.807, 2.05) is 48.5 Å². The lowest BCUT2D eigenvalue weighted by atomic mass is 10.2. The van der Waals surface area contributed by atoms with Gasteiger partial charge in [-0.25, -0.2) is 4.98 Å². The Morgan fingerprint density at radius 2 is 2.17 bits per heavy atom. The largest absolute Gasteiger partial charge is 0.329 e. The Balaban J connectivity index is 2.29. The molecule has 0 radical (unpaired) electrons. The molecule has 1 aromatic heterocycles. The molecule has 90 valence electrons. The first-order chi connectivity index (χ1) is 8.74. The molecule has 2 rings (SSSR count). The summed E-state index contributed by atoms with van der Waals surface area (Å²) in [6, 6.07) is 13.6. The quantitative estimate of drug-likeness (QED) is 0.813. The van der Waals surface area contributed by atoms with E-state index < -0.39 is 0 Å². The van der Waals surface area contributed by atoms with Gasteiger partial charge in [-0.05, 0) is 29.8 Å². The first-order valence-electron chi connectivity index (χ1n) is 5.49. The Hall–Kier alpha value is -1.86. The number of nitriles is 1. The summed E-state index contributed by atoms with van der Waals surface area (Å²) in [7, 11) is 1.94. The molecule has 0 unspecified atom stereocenters. The first kappa shape index (κ1) is 12.6. The fourth-order valence-electron chi connectivity index (χ4n) is 1.61. The number of rotatable bonds is 3. The molecule has 0 bridgehead atoms. The molecule has 0 aliphatic carbocycles. The molecule has 2 aromatic rings. The summed E-state index contributed by atoms with van der Waals surface area (Å²) in [5.41, 5.74) is 2.74. The minimum Gasteiger partial charge on any atom is -0.329 e. The van der Waals surface area contributed by atoms with Crippen LogP contribution in [0.4, 0.5) is 11.5 Å². The van der Waals surface area contributed by atoms with E-state index in [9.17, 15) is 0 Å². The Kier molecular flexibility index (Phi) is 3.96. The maximum atomic E-state index is 8.89. The van der Waals surface area contributed by atoms with Gasteiger partial charge in [0.1, 0.15) is 5.82 Å². The minimum absolute atomic E-state index is 0.649. The van der Waals surface area contributed by atoms with E-state index in [0.717, 1.165) is 22.4 Å². The molecule has 0 spiro atoms. The fraction of sp³-hybridized carbons (Fsp3) is 0.143. The number of alkyl halides is 1. The van der Waals surface area contributed by atoms with Crippen molar-refractivity contribution in [2.45, 2.75) is 5.33 Å². The van der Waals surface area contributed by atoms with Gasteiger partial charge in [-0.15, -0.1) is 0 Å². The van der Waals surface area contributed by atoms with Crippen molar-refractivity contribution in [1.29, 1.82) is 5.26 Å². The van der Waals surface area contributed by atoms with Crippen molar-refractivity contribution in [2.75, 3.05) is 11.9 Å². The Morgan fingerprint density at radius 1 is 1.33 bits per heavy atom. The van der Waals surface area contributed by atoms with Crippen LogP contribution in [0.5, 0.6) is 0 Å². The summed E-state index contributed by atoms with van der Waals surface area (Å²) in [6.07, 6.45) is 1.84. The lowest BCUT2D eigenvalue weighted by molar-refractivity contribution is 1.11. The second kappa shape index (κ2) is 5.65. The van der Waals surface area contributed by atoms with Crippen molar-refractivity contribution in [3.8, 4) is 6.07 Å². The van der Waals surface area contributed by atoms with Gasteiger partial charge in [-0.1, -0.05) is 28.1 Å². The molecule has 0 atom stereocenters. The molecule has 0 saturated carbocycles. The lowest BCUT2D eigenvalue weighted by Crippen LogP contribution is -2.11. The van der Waals surface area contributed by atoms with Crippen molar-refractivity contribution in [3.63, 3.8) is 0 Å². The van der Waals surface area contributed by atoms with Gasteiger partial charge >= 0.3 is 0 Å². The van der Waals surface area contributed by atoms with Crippen LogP contribution in [0, 0.1) is 11.3 Å². The monoisotopic (exact) mass is 301 g/mol. The van der Waals surface area contributed by atoms with Crippen LogP contribution in [0.2, 0.25) is 0 Å². The molecule has 0 saturated heterocycles. The standard InChI is InChI=1S/C14H12BrN3/c1-18(13-4-2-3-11(7-13)9-16)14-6-5-12(8-15)10-17-14/h2-7,10H,8H2,1H3. The molecule has 0 amide bonds. The predicted molar refractivity (Wildman–Crippen MR) is 76.1 cm³/mol. The van der Waals surface area contributed by atoms with Crippen molar-refractivity contribution in [3.05, 3.63) is 53.7 Å². The van der Waals surface area contributed by atoms with E-state index in [-0.39, 0.29) is 0 Å². The Morgan fingerprint density at radius 3 is 2.78 bits per heavy atom. The number of halogens is 1. The molecule has 18 heavy (non-hydrogen) atoms. The van der Waals surface area contributed by atoms with Crippen LogP contribution in [0.15, 0.2) is 42.6 Å². The molecule has 0 fully saturated rings. The number of anilines is 2. The van der Waals surface area contributed by atoms with Crippen LogP contribution in [-0.2, 0) is 5.33 Å². The van der Waals surface area contributed by atoms with E-state index >= 15 is 0 Å². The first-order valence-corrected chi connectivity index (χ1v) is 6.61. The topological polar surface area (TPSA) is 39.9 Å². The molecule has 0 aliphatic heterocycles. The maximum Gasteiger partial charge on any atom is 0.132 e. The van der Waals surface area contributed by atoms with Gasteiger partial charge in [0.2, 0.25) is 0 Å². The smallest absolute Gasteiger partial charge is 0.132 e. The minimum atomic E-state index is 0.649. The van der Waals surface area contributed by atoms with Gasteiger partial charge < -0.3 is 4.90 Å². The van der Waals surface area contributed by atoms with Crippen molar-refractivity contribution >= 4 is 27.4 Å². The molecular formula is C14H12BrN3. The molecule has 0 N–H and O–H groups in total. The molecule has 1 heterocycles. The van der Waals surface area contributed by atoms with Gasteiger partial charge in [0, 0.05) is 24.3 Å². The third kappa shape index (κ3) is 2.69. The normalized spacial score (nSPS) is 9.83. The van der Waals surface area contributed by atoms with Gasteiger partial charge in [-0.2, -0.15) is 5.26 Å². The van der Waals surface area contributed by atoms with E-state index in [1.54, 1.807) is 6.07 Å². The van der Waals surface area contributed by atoms with Crippen molar-refractivity contribution < 1.29 is 0 Å². The van der Waals surface area contributed by atoms with Gasteiger partial charge in [0.25, 0.3) is 0 Å². The highest BCUT2D eigenvalue weighted by Crippen LogP contribution is 2.22. The fourth-order valence-corrected chi connectivity index (χ4v) is 1.94. The van der Waals surface area contributed by atoms with Crippen LogP contribution in [0.1, 0.15) is 11.1 Å². The third-order valence-corrected chi connectivity index (χ3v) is 3.32.